The number of H-pyrrole nitrogens is 1. The summed E-state index contributed by atoms with van der Waals surface area (Å²) in [5.41, 5.74) is 8.44. The first-order valence-corrected chi connectivity index (χ1v) is 5.58. The Hall–Kier alpha value is -3.05. The molecule has 1 heterocycles. The van der Waals surface area contributed by atoms with Crippen molar-refractivity contribution in [1.29, 1.82) is 10.5 Å². The van der Waals surface area contributed by atoms with E-state index in [1.807, 2.05) is 37.3 Å². The SMILES string of the molecule is Cc1ccc(C=C(C#N)c2[nH]nc(N)c2C#N)cc1. The third-order valence-corrected chi connectivity index (χ3v) is 2.68. The van der Waals surface area contributed by atoms with Crippen molar-refractivity contribution in [2.45, 2.75) is 6.92 Å². The van der Waals surface area contributed by atoms with Gasteiger partial charge in [0, 0.05) is 0 Å². The second-order valence-electron chi connectivity index (χ2n) is 4.05. The molecule has 19 heavy (non-hydrogen) atoms. The molecule has 0 aliphatic carbocycles. The minimum Gasteiger partial charge on any atom is -0.381 e. The van der Waals surface area contributed by atoms with E-state index in [1.165, 1.54) is 0 Å². The van der Waals surface area contributed by atoms with Crippen LogP contribution in [-0.4, -0.2) is 10.2 Å². The lowest BCUT2D eigenvalue weighted by molar-refractivity contribution is 1.08. The van der Waals surface area contributed by atoms with Gasteiger partial charge < -0.3 is 5.73 Å². The molecule has 3 N–H and O–H groups in total. The molecule has 0 radical (unpaired) electrons. The summed E-state index contributed by atoms with van der Waals surface area (Å²) < 4.78 is 0. The van der Waals surface area contributed by atoms with Crippen molar-refractivity contribution < 1.29 is 0 Å². The third-order valence-electron chi connectivity index (χ3n) is 2.68. The molecule has 0 aliphatic rings. The Morgan fingerprint density at radius 2 is 2.00 bits per heavy atom. The average Bonchev–Trinajstić information content (AvgIpc) is 2.79. The minimum atomic E-state index is 0.0996. The number of nitrogens with two attached hydrogens (primary N) is 1. The fraction of sp³-hybridized carbons (Fsp3) is 0.0714. The number of hydrogen-bond acceptors (Lipinski definition) is 4. The molecule has 2 aromatic rings. The van der Waals surface area contributed by atoms with Crippen molar-refractivity contribution in [2.75, 3.05) is 5.73 Å². The molecule has 5 heteroatoms. The molecule has 0 bridgehead atoms. The molecule has 0 fully saturated rings. The van der Waals surface area contributed by atoms with Gasteiger partial charge in [0.1, 0.15) is 17.7 Å². The minimum absolute atomic E-state index is 0.0996. The van der Waals surface area contributed by atoms with Gasteiger partial charge in [0.15, 0.2) is 5.82 Å². The number of allylic oxidation sites excluding steroid dienone is 1. The van der Waals surface area contributed by atoms with E-state index in [0.29, 0.717) is 11.3 Å². The van der Waals surface area contributed by atoms with E-state index in [2.05, 4.69) is 16.3 Å². The highest BCUT2D eigenvalue weighted by Crippen LogP contribution is 2.22. The molecule has 0 spiro atoms. The quantitative estimate of drug-likeness (QED) is 0.796. The molecular weight excluding hydrogens is 238 g/mol. The van der Waals surface area contributed by atoms with Gasteiger partial charge in [-0.3, -0.25) is 5.10 Å². The van der Waals surface area contributed by atoms with E-state index in [0.717, 1.165) is 11.1 Å². The second-order valence-corrected chi connectivity index (χ2v) is 4.05. The first-order chi connectivity index (χ1) is 9.15. The van der Waals surface area contributed by atoms with Gasteiger partial charge in [-0.25, -0.2) is 0 Å². The topological polar surface area (TPSA) is 102 Å². The van der Waals surface area contributed by atoms with Crippen LogP contribution >= 0.6 is 0 Å². The normalized spacial score (nSPS) is 10.8. The number of aromatic nitrogens is 2. The first kappa shape index (κ1) is 12.4. The van der Waals surface area contributed by atoms with Crippen molar-refractivity contribution in [2.24, 2.45) is 0 Å². The van der Waals surface area contributed by atoms with Crippen LogP contribution in [0.2, 0.25) is 0 Å². The van der Waals surface area contributed by atoms with E-state index in [-0.39, 0.29) is 11.4 Å². The molecule has 0 atom stereocenters. The fourth-order valence-electron chi connectivity index (χ4n) is 1.65. The van der Waals surface area contributed by atoms with E-state index in [1.54, 1.807) is 6.08 Å². The van der Waals surface area contributed by atoms with Crippen LogP contribution in [-0.2, 0) is 0 Å². The van der Waals surface area contributed by atoms with Gasteiger partial charge in [-0.15, -0.1) is 0 Å². The van der Waals surface area contributed by atoms with Crippen LogP contribution in [0, 0.1) is 29.6 Å². The van der Waals surface area contributed by atoms with Gasteiger partial charge in [0.25, 0.3) is 0 Å². The van der Waals surface area contributed by atoms with Gasteiger partial charge in [0.2, 0.25) is 0 Å². The summed E-state index contributed by atoms with van der Waals surface area (Å²) in [5.74, 6) is 0.0996. The highest BCUT2D eigenvalue weighted by atomic mass is 15.2. The monoisotopic (exact) mass is 249 g/mol. The highest BCUT2D eigenvalue weighted by Gasteiger charge is 2.14. The number of aromatic amines is 1. The lowest BCUT2D eigenvalue weighted by Gasteiger charge is -1.98. The predicted octanol–water partition coefficient (Wildman–Crippen LogP) is 2.24. The molecule has 0 amide bonds. The van der Waals surface area contributed by atoms with Crippen LogP contribution in [0.3, 0.4) is 0 Å². The summed E-state index contributed by atoms with van der Waals surface area (Å²) in [6, 6.07) is 11.7. The Bertz CT molecular complexity index is 708. The number of nitrogens with one attached hydrogen (secondary N) is 1. The van der Waals surface area contributed by atoms with Crippen LogP contribution in [0.15, 0.2) is 24.3 Å². The van der Waals surface area contributed by atoms with Crippen LogP contribution in [0.4, 0.5) is 5.82 Å². The highest BCUT2D eigenvalue weighted by molar-refractivity contribution is 5.91. The number of anilines is 1. The van der Waals surface area contributed by atoms with Gasteiger partial charge in [-0.2, -0.15) is 15.6 Å². The molecule has 92 valence electrons. The number of aryl methyl sites for hydroxylation is 1. The van der Waals surface area contributed by atoms with Crippen LogP contribution in [0.1, 0.15) is 22.4 Å². The van der Waals surface area contributed by atoms with Gasteiger partial charge >= 0.3 is 0 Å². The maximum atomic E-state index is 9.21. The Morgan fingerprint density at radius 3 is 2.58 bits per heavy atom. The average molecular weight is 249 g/mol. The lowest BCUT2D eigenvalue weighted by atomic mass is 10.1. The molecule has 1 aromatic heterocycles. The van der Waals surface area contributed by atoms with Crippen molar-refractivity contribution >= 4 is 17.5 Å². The van der Waals surface area contributed by atoms with E-state index in [9.17, 15) is 5.26 Å². The zero-order chi connectivity index (χ0) is 13.8. The van der Waals surface area contributed by atoms with Gasteiger partial charge in [-0.05, 0) is 18.6 Å². The maximum Gasteiger partial charge on any atom is 0.163 e. The summed E-state index contributed by atoms with van der Waals surface area (Å²) >= 11 is 0. The fourth-order valence-corrected chi connectivity index (χ4v) is 1.65. The molecular formula is C14H11N5. The van der Waals surface area contributed by atoms with Crippen molar-refractivity contribution in [1.82, 2.24) is 10.2 Å². The maximum absolute atomic E-state index is 9.21. The number of hydrogen-bond donors (Lipinski definition) is 2. The largest absolute Gasteiger partial charge is 0.381 e. The summed E-state index contributed by atoms with van der Waals surface area (Å²) in [7, 11) is 0. The molecule has 0 saturated carbocycles. The zero-order valence-electron chi connectivity index (χ0n) is 10.3. The van der Waals surface area contributed by atoms with Crippen LogP contribution < -0.4 is 5.73 Å². The molecule has 5 nitrogen and oxygen atoms in total. The molecule has 1 aromatic carbocycles. The molecule has 0 unspecified atom stereocenters. The number of nitrogens with zero attached hydrogens (tertiary/aromatic N) is 3. The third kappa shape index (κ3) is 2.46. The van der Waals surface area contributed by atoms with Crippen molar-refractivity contribution in [3.63, 3.8) is 0 Å². The number of benzene rings is 1. The van der Waals surface area contributed by atoms with Crippen LogP contribution in [0.5, 0.6) is 0 Å². The smallest absolute Gasteiger partial charge is 0.163 e. The van der Waals surface area contributed by atoms with Gasteiger partial charge in [-0.1, -0.05) is 29.8 Å². The Balaban J connectivity index is 2.49. The predicted molar refractivity (Wildman–Crippen MR) is 72.4 cm³/mol. The number of nitriles is 2. The molecule has 0 aliphatic heterocycles. The van der Waals surface area contributed by atoms with Crippen molar-refractivity contribution in [3.8, 4) is 12.1 Å². The summed E-state index contributed by atoms with van der Waals surface area (Å²) in [5, 5.41) is 24.6. The molecule has 0 saturated heterocycles. The standard InChI is InChI=1S/C14H11N5/c1-9-2-4-10(5-3-9)6-11(7-15)13-12(8-16)14(17)19-18-13/h2-6H,1H3,(H3,17,18,19). The Kier molecular flexibility index (Phi) is 3.31. The Labute approximate surface area is 110 Å². The lowest BCUT2D eigenvalue weighted by Crippen LogP contribution is -1.89. The zero-order valence-corrected chi connectivity index (χ0v) is 10.3. The van der Waals surface area contributed by atoms with E-state index in [4.69, 9.17) is 11.0 Å². The van der Waals surface area contributed by atoms with Crippen LogP contribution in [0.25, 0.3) is 11.6 Å². The summed E-state index contributed by atoms with van der Waals surface area (Å²) in [6.45, 7) is 1.99. The summed E-state index contributed by atoms with van der Waals surface area (Å²) in [6.07, 6.45) is 1.69. The van der Waals surface area contributed by atoms with E-state index < -0.39 is 0 Å². The molecule has 2 rings (SSSR count). The first-order valence-electron chi connectivity index (χ1n) is 5.58. The Morgan fingerprint density at radius 1 is 1.32 bits per heavy atom. The van der Waals surface area contributed by atoms with Crippen molar-refractivity contribution in [3.05, 3.63) is 46.6 Å². The van der Waals surface area contributed by atoms with Gasteiger partial charge in [0.05, 0.1) is 11.3 Å². The summed E-state index contributed by atoms with van der Waals surface area (Å²) in [4.78, 5) is 0. The number of nitrogen functional groups attached to an aromatic ring is 1. The van der Waals surface area contributed by atoms with E-state index >= 15 is 0 Å². The number of rotatable bonds is 2. The second kappa shape index (κ2) is 5.07.